The van der Waals surface area contributed by atoms with Crippen LogP contribution in [0.2, 0.25) is 0 Å². The zero-order valence-electron chi connectivity index (χ0n) is 17.8. The van der Waals surface area contributed by atoms with Gasteiger partial charge in [-0.2, -0.15) is 4.31 Å². The molecule has 1 fully saturated rings. The maximum Gasteiger partial charge on any atom is 0.246 e. The number of carbonyl (C=O) groups excluding carboxylic acids is 1. The smallest absolute Gasteiger partial charge is 0.246 e. The van der Waals surface area contributed by atoms with E-state index in [0.29, 0.717) is 36.7 Å². The summed E-state index contributed by atoms with van der Waals surface area (Å²) in [6, 6.07) is 12.3. The van der Waals surface area contributed by atoms with Gasteiger partial charge in [-0.1, -0.05) is 30.7 Å². The molecular weight excluding hydrogens is 416 g/mol. The predicted octanol–water partition coefficient (Wildman–Crippen LogP) is 3.21. The maximum absolute atomic E-state index is 13.1. The van der Waals surface area contributed by atoms with Crippen LogP contribution in [-0.2, 0) is 21.4 Å². The average molecular weight is 445 g/mol. The third kappa shape index (κ3) is 5.65. The summed E-state index contributed by atoms with van der Waals surface area (Å²) in [6.45, 7) is 1.35. The van der Waals surface area contributed by atoms with E-state index in [4.69, 9.17) is 9.47 Å². The summed E-state index contributed by atoms with van der Waals surface area (Å²) < 4.78 is 38.3. The number of carbonyl (C=O) groups is 1. The van der Waals surface area contributed by atoms with E-state index < -0.39 is 10.0 Å². The molecule has 1 heterocycles. The first-order valence-corrected chi connectivity index (χ1v) is 11.7. The van der Waals surface area contributed by atoms with Crippen LogP contribution in [0, 0.1) is 0 Å². The number of rotatable bonds is 8. The van der Waals surface area contributed by atoms with Gasteiger partial charge in [0.1, 0.15) is 16.4 Å². The summed E-state index contributed by atoms with van der Waals surface area (Å²) >= 11 is 0. The van der Waals surface area contributed by atoms with Gasteiger partial charge in [-0.25, -0.2) is 8.42 Å². The predicted molar refractivity (Wildman–Crippen MR) is 119 cm³/mol. The third-order valence-electron chi connectivity index (χ3n) is 5.19. The van der Waals surface area contributed by atoms with Crippen molar-refractivity contribution in [3.8, 4) is 11.5 Å². The molecule has 0 atom stereocenters. The first kappa shape index (κ1) is 22.8. The lowest BCUT2D eigenvalue weighted by molar-refractivity contribution is -0.116. The Kier molecular flexibility index (Phi) is 7.70. The Morgan fingerprint density at radius 3 is 2.45 bits per heavy atom. The molecule has 166 valence electrons. The zero-order valence-corrected chi connectivity index (χ0v) is 18.7. The first-order valence-electron chi connectivity index (χ1n) is 10.2. The summed E-state index contributed by atoms with van der Waals surface area (Å²) in [6.07, 6.45) is 5.72. The molecule has 3 rings (SSSR count). The molecule has 8 heteroatoms. The molecule has 0 aromatic heterocycles. The molecule has 0 spiro atoms. The van der Waals surface area contributed by atoms with Crippen molar-refractivity contribution in [2.75, 3.05) is 27.3 Å². The molecule has 0 radical (unpaired) electrons. The summed E-state index contributed by atoms with van der Waals surface area (Å²) in [5.41, 5.74) is 1.47. The minimum atomic E-state index is -3.66. The van der Waals surface area contributed by atoms with Crippen molar-refractivity contribution in [3.05, 3.63) is 59.7 Å². The second-order valence-electron chi connectivity index (χ2n) is 7.24. The number of hydrogen-bond donors (Lipinski definition) is 1. The van der Waals surface area contributed by atoms with E-state index in [0.717, 1.165) is 24.8 Å². The minimum absolute atomic E-state index is 0.119. The largest absolute Gasteiger partial charge is 0.496 e. The topological polar surface area (TPSA) is 84.9 Å². The lowest BCUT2D eigenvalue weighted by atomic mass is 10.2. The molecule has 1 saturated heterocycles. The number of methoxy groups -OCH3 is 2. The highest BCUT2D eigenvalue weighted by Gasteiger charge is 2.29. The van der Waals surface area contributed by atoms with Gasteiger partial charge < -0.3 is 14.8 Å². The number of hydrogen-bond acceptors (Lipinski definition) is 5. The van der Waals surface area contributed by atoms with Crippen LogP contribution in [0.5, 0.6) is 11.5 Å². The normalized spacial score (nSPS) is 15.0. The van der Waals surface area contributed by atoms with E-state index >= 15 is 0 Å². The van der Waals surface area contributed by atoms with Gasteiger partial charge in [0.2, 0.25) is 15.9 Å². The zero-order chi connectivity index (χ0) is 22.3. The Morgan fingerprint density at radius 1 is 1.03 bits per heavy atom. The monoisotopic (exact) mass is 444 g/mol. The summed E-state index contributed by atoms with van der Waals surface area (Å²) in [4.78, 5) is 12.4. The Balaban J connectivity index is 1.73. The minimum Gasteiger partial charge on any atom is -0.496 e. The molecule has 1 N–H and O–H groups in total. The summed E-state index contributed by atoms with van der Waals surface area (Å²) in [7, 11) is -0.627. The van der Waals surface area contributed by atoms with Gasteiger partial charge in [0.05, 0.1) is 14.2 Å². The van der Waals surface area contributed by atoms with E-state index in [1.807, 2.05) is 24.3 Å². The van der Waals surface area contributed by atoms with E-state index in [1.54, 1.807) is 31.4 Å². The van der Waals surface area contributed by atoms with Gasteiger partial charge in [-0.15, -0.1) is 0 Å². The number of ether oxygens (including phenoxy) is 2. The lowest BCUT2D eigenvalue weighted by Gasteiger charge is -2.26. The van der Waals surface area contributed by atoms with Crippen molar-refractivity contribution in [1.82, 2.24) is 9.62 Å². The van der Waals surface area contributed by atoms with Gasteiger partial charge in [-0.05, 0) is 42.7 Å². The molecule has 31 heavy (non-hydrogen) atoms. The molecule has 0 aliphatic carbocycles. The van der Waals surface area contributed by atoms with Crippen molar-refractivity contribution in [3.63, 3.8) is 0 Å². The number of benzene rings is 2. The van der Waals surface area contributed by atoms with E-state index in [9.17, 15) is 13.2 Å². The van der Waals surface area contributed by atoms with Crippen LogP contribution in [0.15, 0.2) is 53.4 Å². The molecular formula is C23H28N2O5S. The van der Waals surface area contributed by atoms with Gasteiger partial charge in [-0.3, -0.25) is 4.79 Å². The molecule has 2 aromatic carbocycles. The quantitative estimate of drug-likeness (QED) is 0.632. The Bertz CT molecular complexity index is 1040. The van der Waals surface area contributed by atoms with Crippen LogP contribution < -0.4 is 14.8 Å². The number of amides is 1. The van der Waals surface area contributed by atoms with Crippen LogP contribution in [0.3, 0.4) is 0 Å². The fourth-order valence-corrected chi connectivity index (χ4v) is 5.21. The van der Waals surface area contributed by atoms with Gasteiger partial charge >= 0.3 is 0 Å². The van der Waals surface area contributed by atoms with Gasteiger partial charge in [0.25, 0.3) is 0 Å². The van der Waals surface area contributed by atoms with Crippen molar-refractivity contribution in [2.24, 2.45) is 0 Å². The highest BCUT2D eigenvalue weighted by atomic mass is 32.2. The first-order chi connectivity index (χ1) is 15.0. The maximum atomic E-state index is 13.1. The molecule has 0 saturated carbocycles. The number of nitrogens with zero attached hydrogens (tertiary/aromatic N) is 1. The second-order valence-corrected chi connectivity index (χ2v) is 9.14. The summed E-state index contributed by atoms with van der Waals surface area (Å²) in [5.74, 6) is 0.708. The number of sulfonamides is 1. The average Bonchev–Trinajstić information content (AvgIpc) is 2.81. The Hall–Kier alpha value is -2.84. The summed E-state index contributed by atoms with van der Waals surface area (Å²) in [5, 5.41) is 2.81. The SMILES string of the molecule is COc1ccccc1CNC(=O)C=Cc1ccc(OC)c(S(=O)(=O)N2CCCCC2)c1. The van der Waals surface area contributed by atoms with E-state index in [1.165, 1.54) is 17.5 Å². The molecule has 1 aliphatic heterocycles. The van der Waals surface area contributed by atoms with Crippen LogP contribution in [-0.4, -0.2) is 45.9 Å². The van der Waals surface area contributed by atoms with Crippen LogP contribution in [0.4, 0.5) is 0 Å². The van der Waals surface area contributed by atoms with Gasteiger partial charge in [0.15, 0.2) is 0 Å². The number of piperidine rings is 1. The van der Waals surface area contributed by atoms with Crippen molar-refractivity contribution >= 4 is 22.0 Å². The van der Waals surface area contributed by atoms with Crippen molar-refractivity contribution < 1.29 is 22.7 Å². The third-order valence-corrected chi connectivity index (χ3v) is 7.11. The fraction of sp³-hybridized carbons (Fsp3) is 0.348. The van der Waals surface area contributed by atoms with Crippen LogP contribution in [0.1, 0.15) is 30.4 Å². The van der Waals surface area contributed by atoms with Crippen LogP contribution >= 0.6 is 0 Å². The highest BCUT2D eigenvalue weighted by molar-refractivity contribution is 7.89. The van der Waals surface area contributed by atoms with E-state index in [-0.39, 0.29) is 10.8 Å². The van der Waals surface area contributed by atoms with Crippen molar-refractivity contribution in [1.29, 1.82) is 0 Å². The van der Waals surface area contributed by atoms with Crippen molar-refractivity contribution in [2.45, 2.75) is 30.7 Å². The number of nitrogens with one attached hydrogen (secondary N) is 1. The molecule has 0 bridgehead atoms. The highest BCUT2D eigenvalue weighted by Crippen LogP contribution is 2.30. The fourth-order valence-electron chi connectivity index (χ4n) is 3.51. The molecule has 1 amide bonds. The lowest BCUT2D eigenvalue weighted by Crippen LogP contribution is -2.35. The van der Waals surface area contributed by atoms with E-state index in [2.05, 4.69) is 5.32 Å². The molecule has 2 aromatic rings. The second kappa shape index (κ2) is 10.5. The molecule has 1 aliphatic rings. The Morgan fingerprint density at radius 2 is 1.74 bits per heavy atom. The number of para-hydroxylation sites is 1. The Labute approximate surface area is 183 Å². The standard InChI is InChI=1S/C23H28N2O5S/c1-29-20-9-5-4-8-19(20)17-24-23(26)13-11-18-10-12-21(30-2)22(16-18)31(27,28)25-14-6-3-7-15-25/h4-5,8-13,16H,3,6-7,14-15,17H2,1-2H3,(H,24,26). The van der Waals surface area contributed by atoms with Crippen LogP contribution in [0.25, 0.3) is 6.08 Å². The van der Waals surface area contributed by atoms with Gasteiger partial charge in [0, 0.05) is 31.3 Å². The molecule has 0 unspecified atom stereocenters. The molecule has 7 nitrogen and oxygen atoms in total.